The third-order valence-corrected chi connectivity index (χ3v) is 7.06. The number of phenolic OH excluding ortho intramolecular Hbond substituents is 2. The molecule has 230 valence electrons. The van der Waals surface area contributed by atoms with Crippen molar-refractivity contribution < 1.29 is 27.2 Å². The van der Waals surface area contributed by atoms with Gasteiger partial charge in [-0.3, -0.25) is 0 Å². The van der Waals surface area contributed by atoms with Crippen LogP contribution in [0.2, 0.25) is 0 Å². The quantitative estimate of drug-likeness (QED) is 0.203. The Balaban J connectivity index is 0.000000275. The Kier molecular flexibility index (Phi) is 14.5. The van der Waals surface area contributed by atoms with Crippen molar-refractivity contribution in [2.75, 3.05) is 23.9 Å². The molecule has 4 nitrogen and oxygen atoms in total. The molecule has 0 atom stereocenters. The molecule has 0 unspecified atom stereocenters. The van der Waals surface area contributed by atoms with E-state index in [1.165, 1.54) is 0 Å². The van der Waals surface area contributed by atoms with Gasteiger partial charge in [-0.05, 0) is 46.2 Å². The van der Waals surface area contributed by atoms with E-state index in [1.807, 2.05) is 86.9 Å². The van der Waals surface area contributed by atoms with Crippen molar-refractivity contribution in [3.05, 3.63) is 119 Å². The molecule has 0 aromatic heterocycles. The van der Waals surface area contributed by atoms with E-state index >= 15 is 0 Å². The zero-order chi connectivity index (χ0) is 32.2. The molecule has 0 aliphatic heterocycles. The number of anilines is 2. The molecule has 4 aromatic rings. The van der Waals surface area contributed by atoms with Crippen LogP contribution in [0.25, 0.3) is 0 Å². The van der Waals surface area contributed by atoms with Gasteiger partial charge in [-0.15, -0.1) is 0 Å². The molecule has 0 heterocycles. The molecule has 4 rings (SSSR count). The summed E-state index contributed by atoms with van der Waals surface area (Å²) < 4.78 is 0. The molecule has 0 saturated heterocycles. The van der Waals surface area contributed by atoms with Gasteiger partial charge in [0.2, 0.25) is 0 Å². The molecule has 0 radical (unpaired) electrons. The van der Waals surface area contributed by atoms with Crippen molar-refractivity contribution in [2.45, 2.75) is 65.5 Å². The summed E-state index contributed by atoms with van der Waals surface area (Å²) in [6.07, 6.45) is 0. The molecule has 0 bridgehead atoms. The van der Waals surface area contributed by atoms with Crippen molar-refractivity contribution >= 4 is 30.0 Å². The first-order valence-electron chi connectivity index (χ1n) is 14.3. The van der Waals surface area contributed by atoms with Crippen LogP contribution in [0.5, 0.6) is 11.5 Å². The second-order valence-corrected chi connectivity index (χ2v) is 15.2. The van der Waals surface area contributed by atoms with Gasteiger partial charge in [-0.25, -0.2) is 0 Å². The Hall–Kier alpha value is -2.63. The first kappa shape index (κ1) is 36.6. The summed E-state index contributed by atoms with van der Waals surface area (Å²) >= 11 is -0.556. The zero-order valence-corrected chi connectivity index (χ0v) is 29.8. The summed E-state index contributed by atoms with van der Waals surface area (Å²) in [6.45, 7) is 14.1. The Morgan fingerprint density at radius 1 is 0.535 bits per heavy atom. The number of hydrogen-bond donors (Lipinski definition) is 2. The third kappa shape index (κ3) is 11.4. The topological polar surface area (TPSA) is 46.9 Å². The molecular weight excluding hydrogens is 611 g/mol. The second-order valence-electron chi connectivity index (χ2n) is 12.6. The van der Waals surface area contributed by atoms with E-state index in [0.717, 1.165) is 33.6 Å². The summed E-state index contributed by atoms with van der Waals surface area (Å²) in [5.74, 6) is 0.838. The van der Waals surface area contributed by atoms with Crippen LogP contribution in [0.4, 0.5) is 11.4 Å². The van der Waals surface area contributed by atoms with Crippen LogP contribution in [-0.4, -0.2) is 24.3 Å². The van der Waals surface area contributed by atoms with Gasteiger partial charge in [0.25, 0.3) is 0 Å². The van der Waals surface area contributed by atoms with Crippen LogP contribution in [0.3, 0.4) is 0 Å². The van der Waals surface area contributed by atoms with Crippen LogP contribution >= 0.6 is 18.6 Å². The summed E-state index contributed by atoms with van der Waals surface area (Å²) in [6, 6.07) is 32.4. The molecule has 7 heteroatoms. The molecule has 4 aromatic carbocycles. The van der Waals surface area contributed by atoms with Gasteiger partial charge in [0.1, 0.15) is 11.5 Å². The fourth-order valence-electron chi connectivity index (χ4n) is 4.71. The molecule has 0 aliphatic carbocycles. The van der Waals surface area contributed by atoms with Gasteiger partial charge in [0, 0.05) is 49.7 Å². The molecule has 43 heavy (non-hydrogen) atoms. The summed E-state index contributed by atoms with van der Waals surface area (Å²) in [7, 11) is 13.9. The molecule has 0 fully saturated rings. The number of rotatable bonds is 6. The van der Waals surface area contributed by atoms with Crippen LogP contribution in [0.15, 0.2) is 97.1 Å². The monoisotopic (exact) mass is 656 g/mol. The Labute approximate surface area is 276 Å². The van der Waals surface area contributed by atoms with Crippen molar-refractivity contribution in [1.82, 2.24) is 0 Å². The van der Waals surface area contributed by atoms with E-state index in [4.69, 9.17) is 18.6 Å². The summed E-state index contributed by atoms with van der Waals surface area (Å²) in [4.78, 5) is 4.28. The van der Waals surface area contributed by atoms with Crippen molar-refractivity contribution in [2.24, 2.45) is 0 Å². The third-order valence-electron chi connectivity index (χ3n) is 7.06. The van der Waals surface area contributed by atoms with E-state index in [9.17, 15) is 10.2 Å². The summed E-state index contributed by atoms with van der Waals surface area (Å²) in [5.41, 5.74) is 6.11. The van der Waals surface area contributed by atoms with Crippen LogP contribution in [0.1, 0.15) is 63.8 Å². The maximum absolute atomic E-state index is 10.5. The zero-order valence-electron chi connectivity index (χ0n) is 26.7. The maximum atomic E-state index is 10.5. The predicted octanol–water partition coefficient (Wildman–Crippen LogP) is 10.0. The van der Waals surface area contributed by atoms with Gasteiger partial charge < -0.3 is 20.0 Å². The Morgan fingerprint density at radius 2 is 0.837 bits per heavy atom. The average molecular weight is 658 g/mol. The van der Waals surface area contributed by atoms with Crippen molar-refractivity contribution in [3.63, 3.8) is 0 Å². The molecule has 0 aliphatic rings. The minimum absolute atomic E-state index is 0.0502. The van der Waals surface area contributed by atoms with Gasteiger partial charge in [0.15, 0.2) is 0 Å². The van der Waals surface area contributed by atoms with Crippen LogP contribution in [-0.2, 0) is 41.0 Å². The number of nitrogens with zero attached hydrogens (tertiary/aromatic N) is 2. The normalized spacial score (nSPS) is 10.9. The Morgan fingerprint density at radius 3 is 1.12 bits per heavy atom. The first-order valence-corrected chi connectivity index (χ1v) is 18.6. The van der Waals surface area contributed by atoms with E-state index in [1.54, 1.807) is 0 Å². The predicted molar refractivity (Wildman–Crippen MR) is 182 cm³/mol. The molecule has 0 saturated carbocycles. The van der Waals surface area contributed by atoms with Crippen molar-refractivity contribution in [1.29, 1.82) is 0 Å². The number of hydrogen-bond acceptors (Lipinski definition) is 4. The van der Waals surface area contributed by atoms with E-state index in [0.29, 0.717) is 24.6 Å². The van der Waals surface area contributed by atoms with Gasteiger partial charge >= 0.3 is 35.6 Å². The van der Waals surface area contributed by atoms with Crippen LogP contribution in [0, 0.1) is 0 Å². The number of aromatic hydroxyl groups is 2. The average Bonchev–Trinajstić information content (AvgIpc) is 2.95. The fraction of sp³-hybridized carbons (Fsp3) is 0.333. The van der Waals surface area contributed by atoms with Gasteiger partial charge in [-0.1, -0.05) is 114 Å². The molecule has 0 amide bonds. The number of phenols is 2. The number of para-hydroxylation sites is 4. The standard InChI is InChI=1S/2C18H23NO.2ClH.Ti/c2*1-18(2,3)16-12-8-9-14(17(16)20)13-19(4)15-10-6-5-7-11-15;;;/h2*5-12,20H,13H2,1-4H3;2*1H;/q;;;;+2/p-2. The van der Waals surface area contributed by atoms with E-state index in [-0.39, 0.29) is 10.8 Å². The Bertz CT molecular complexity index is 1280. The fourth-order valence-corrected chi connectivity index (χ4v) is 4.71. The van der Waals surface area contributed by atoms with Gasteiger partial charge in [-0.2, -0.15) is 0 Å². The second kappa shape index (κ2) is 17.0. The van der Waals surface area contributed by atoms with Crippen molar-refractivity contribution in [3.8, 4) is 11.5 Å². The van der Waals surface area contributed by atoms with E-state index < -0.39 is 17.0 Å². The first-order chi connectivity index (χ1) is 20.2. The molecule has 0 spiro atoms. The minimum atomic E-state index is -0.556. The van der Waals surface area contributed by atoms with Gasteiger partial charge in [0.05, 0.1) is 0 Å². The summed E-state index contributed by atoms with van der Waals surface area (Å²) in [5, 5.41) is 21.0. The van der Waals surface area contributed by atoms with Crippen LogP contribution < -0.4 is 9.80 Å². The SMILES string of the molecule is CN(Cc1cccc(C(C)(C)C)c1O)c1ccccc1.CN(Cc1cccc(C(C)(C)C)c1O)c1ccccc1.[Cl][Ti][Cl]. The molecule has 2 N–H and O–H groups in total. The number of benzene rings is 4. The van der Waals surface area contributed by atoms with E-state index in [2.05, 4.69) is 75.6 Å². The molecular formula is C36H46Cl2N2O2Ti. The number of halogens is 2.